The topological polar surface area (TPSA) is 55.1 Å². The predicted octanol–water partition coefficient (Wildman–Crippen LogP) is 4.02. The number of rotatable bonds is 5. The molecule has 4 heteroatoms. The number of amides is 1. The largest absolute Gasteiger partial charge is 0.399 e. The molecule has 0 fully saturated rings. The van der Waals surface area contributed by atoms with Crippen LogP contribution >= 0.6 is 15.9 Å². The summed E-state index contributed by atoms with van der Waals surface area (Å²) in [6, 6.07) is 15.6. The monoisotopic (exact) mass is 360 g/mol. The zero-order valence-electron chi connectivity index (χ0n) is 12.9. The van der Waals surface area contributed by atoms with Gasteiger partial charge in [-0.2, -0.15) is 0 Å². The van der Waals surface area contributed by atoms with Crippen molar-refractivity contribution in [2.75, 3.05) is 5.73 Å². The molecule has 0 aliphatic carbocycles. The lowest BCUT2D eigenvalue weighted by Crippen LogP contribution is -2.41. The van der Waals surface area contributed by atoms with Crippen molar-refractivity contribution in [3.8, 4) is 0 Å². The van der Waals surface area contributed by atoms with Crippen LogP contribution < -0.4 is 11.1 Å². The van der Waals surface area contributed by atoms with E-state index >= 15 is 0 Å². The van der Waals surface area contributed by atoms with Crippen molar-refractivity contribution in [1.82, 2.24) is 5.32 Å². The highest BCUT2D eigenvalue weighted by atomic mass is 79.9. The molecule has 1 amide bonds. The van der Waals surface area contributed by atoms with Crippen LogP contribution in [-0.4, -0.2) is 5.91 Å². The summed E-state index contributed by atoms with van der Waals surface area (Å²) < 4.78 is 1.03. The second-order valence-corrected chi connectivity index (χ2v) is 6.79. The van der Waals surface area contributed by atoms with E-state index < -0.39 is 5.54 Å². The summed E-state index contributed by atoms with van der Waals surface area (Å²) >= 11 is 3.42. The van der Waals surface area contributed by atoms with E-state index in [2.05, 4.69) is 21.2 Å². The van der Waals surface area contributed by atoms with Gasteiger partial charge in [0.1, 0.15) is 0 Å². The van der Waals surface area contributed by atoms with Crippen LogP contribution in [0.3, 0.4) is 0 Å². The van der Waals surface area contributed by atoms with Crippen LogP contribution in [0.2, 0.25) is 0 Å². The van der Waals surface area contributed by atoms with Gasteiger partial charge >= 0.3 is 0 Å². The van der Waals surface area contributed by atoms with Gasteiger partial charge < -0.3 is 11.1 Å². The molecule has 22 heavy (non-hydrogen) atoms. The van der Waals surface area contributed by atoms with Gasteiger partial charge in [-0.1, -0.05) is 46.3 Å². The van der Waals surface area contributed by atoms with E-state index in [0.29, 0.717) is 12.8 Å². The fourth-order valence-electron chi connectivity index (χ4n) is 2.36. The molecular formula is C18H21BrN2O. The second kappa shape index (κ2) is 6.97. The van der Waals surface area contributed by atoms with E-state index in [1.807, 2.05) is 62.4 Å². The Balaban J connectivity index is 1.96. The number of aryl methyl sites for hydroxylation is 1. The molecule has 0 saturated carbocycles. The minimum Gasteiger partial charge on any atom is -0.399 e. The lowest BCUT2D eigenvalue weighted by atomic mass is 9.94. The maximum absolute atomic E-state index is 12.2. The Labute approximate surface area is 140 Å². The van der Waals surface area contributed by atoms with Gasteiger partial charge in [-0.15, -0.1) is 0 Å². The van der Waals surface area contributed by atoms with Crippen LogP contribution in [-0.2, 0) is 16.8 Å². The van der Waals surface area contributed by atoms with E-state index in [1.54, 1.807) is 0 Å². The van der Waals surface area contributed by atoms with E-state index in [4.69, 9.17) is 5.73 Å². The number of carbonyl (C=O) groups is 1. The van der Waals surface area contributed by atoms with Crippen LogP contribution in [0.25, 0.3) is 0 Å². The summed E-state index contributed by atoms with van der Waals surface area (Å²) in [7, 11) is 0. The van der Waals surface area contributed by atoms with Crippen molar-refractivity contribution in [1.29, 1.82) is 0 Å². The fraction of sp³-hybridized carbons (Fsp3) is 0.278. The Hall–Kier alpha value is -1.81. The van der Waals surface area contributed by atoms with Gasteiger partial charge in [-0.25, -0.2) is 0 Å². The molecule has 3 N–H and O–H groups in total. The number of halogens is 1. The first-order chi connectivity index (χ1) is 10.4. The highest BCUT2D eigenvalue weighted by molar-refractivity contribution is 9.10. The zero-order valence-corrected chi connectivity index (χ0v) is 14.5. The fourth-order valence-corrected chi connectivity index (χ4v) is 2.62. The van der Waals surface area contributed by atoms with Crippen LogP contribution in [0.5, 0.6) is 0 Å². The third kappa shape index (κ3) is 4.34. The van der Waals surface area contributed by atoms with Gasteiger partial charge in [0.25, 0.3) is 0 Å². The van der Waals surface area contributed by atoms with Gasteiger partial charge in [-0.3, -0.25) is 4.79 Å². The number of hydrogen-bond donors (Lipinski definition) is 2. The number of nitrogen functional groups attached to an aromatic ring is 1. The smallest absolute Gasteiger partial charge is 0.221 e. The Kier molecular flexibility index (Phi) is 5.24. The van der Waals surface area contributed by atoms with Gasteiger partial charge in [0.15, 0.2) is 0 Å². The molecule has 0 aliphatic rings. The number of para-hydroxylation sites is 1. The minimum atomic E-state index is -0.403. The van der Waals surface area contributed by atoms with Crippen molar-refractivity contribution in [2.45, 2.75) is 32.2 Å². The third-order valence-electron chi connectivity index (χ3n) is 3.69. The second-order valence-electron chi connectivity index (χ2n) is 5.88. The maximum Gasteiger partial charge on any atom is 0.221 e. The maximum atomic E-state index is 12.2. The van der Waals surface area contributed by atoms with Crippen LogP contribution in [0.15, 0.2) is 53.0 Å². The molecule has 0 aliphatic heterocycles. The molecule has 0 spiro atoms. The molecule has 0 bridgehead atoms. The SMILES string of the molecule is CC(C)(NC(=O)CCc1ccccc1N)c1ccc(Br)cc1. The lowest BCUT2D eigenvalue weighted by molar-refractivity contribution is -0.122. The molecule has 116 valence electrons. The van der Waals surface area contributed by atoms with Crippen LogP contribution in [0.4, 0.5) is 5.69 Å². The number of nitrogens with two attached hydrogens (primary N) is 1. The number of hydrogen-bond acceptors (Lipinski definition) is 2. The van der Waals surface area contributed by atoms with Crippen molar-refractivity contribution in [2.24, 2.45) is 0 Å². The van der Waals surface area contributed by atoms with E-state index in [0.717, 1.165) is 21.3 Å². The van der Waals surface area contributed by atoms with Crippen molar-refractivity contribution in [3.63, 3.8) is 0 Å². The standard InChI is InChI=1S/C18H21BrN2O/c1-18(2,14-8-10-15(19)11-9-14)21-17(22)12-7-13-5-3-4-6-16(13)20/h3-6,8-11H,7,12,20H2,1-2H3,(H,21,22). The average molecular weight is 361 g/mol. The normalized spacial score (nSPS) is 11.2. The Morgan fingerprint density at radius 3 is 2.41 bits per heavy atom. The molecular weight excluding hydrogens is 340 g/mol. The molecule has 2 aromatic carbocycles. The molecule has 0 saturated heterocycles. The van der Waals surface area contributed by atoms with Gasteiger partial charge in [0.05, 0.1) is 5.54 Å². The number of nitrogens with one attached hydrogen (secondary N) is 1. The predicted molar refractivity (Wildman–Crippen MR) is 94.5 cm³/mol. The number of benzene rings is 2. The minimum absolute atomic E-state index is 0.0242. The molecule has 0 heterocycles. The molecule has 0 unspecified atom stereocenters. The summed E-state index contributed by atoms with van der Waals surface area (Å²) in [4.78, 5) is 12.2. The quantitative estimate of drug-likeness (QED) is 0.791. The highest BCUT2D eigenvalue weighted by Gasteiger charge is 2.22. The van der Waals surface area contributed by atoms with E-state index in [1.165, 1.54) is 0 Å². The lowest BCUT2D eigenvalue weighted by Gasteiger charge is -2.27. The summed E-state index contributed by atoms with van der Waals surface area (Å²) in [5.74, 6) is 0.0242. The number of anilines is 1. The molecule has 2 rings (SSSR count). The highest BCUT2D eigenvalue weighted by Crippen LogP contribution is 2.22. The van der Waals surface area contributed by atoms with Crippen molar-refractivity contribution in [3.05, 3.63) is 64.1 Å². The van der Waals surface area contributed by atoms with Crippen LogP contribution in [0, 0.1) is 0 Å². The van der Waals surface area contributed by atoms with Crippen molar-refractivity contribution < 1.29 is 4.79 Å². The summed E-state index contributed by atoms with van der Waals surface area (Å²) in [6.07, 6.45) is 1.07. The first-order valence-electron chi connectivity index (χ1n) is 7.29. The Bertz CT molecular complexity index is 650. The van der Waals surface area contributed by atoms with Gasteiger partial charge in [0, 0.05) is 16.6 Å². The zero-order chi connectivity index (χ0) is 16.2. The van der Waals surface area contributed by atoms with E-state index in [9.17, 15) is 4.79 Å². The molecule has 0 atom stereocenters. The first kappa shape index (κ1) is 16.6. The van der Waals surface area contributed by atoms with Crippen molar-refractivity contribution >= 4 is 27.5 Å². The molecule has 3 nitrogen and oxygen atoms in total. The van der Waals surface area contributed by atoms with Crippen LogP contribution in [0.1, 0.15) is 31.4 Å². The molecule has 2 aromatic rings. The van der Waals surface area contributed by atoms with Gasteiger partial charge in [0.2, 0.25) is 5.91 Å². The third-order valence-corrected chi connectivity index (χ3v) is 4.22. The summed E-state index contributed by atoms with van der Waals surface area (Å²) in [5.41, 5.74) is 8.32. The summed E-state index contributed by atoms with van der Waals surface area (Å²) in [6.45, 7) is 4.01. The number of carbonyl (C=O) groups excluding carboxylic acids is 1. The Morgan fingerprint density at radius 1 is 1.14 bits per heavy atom. The average Bonchev–Trinajstić information content (AvgIpc) is 2.46. The summed E-state index contributed by atoms with van der Waals surface area (Å²) in [5, 5.41) is 3.09. The molecule has 0 aromatic heterocycles. The Morgan fingerprint density at radius 2 is 1.77 bits per heavy atom. The van der Waals surface area contributed by atoms with E-state index in [-0.39, 0.29) is 5.91 Å². The molecule has 0 radical (unpaired) electrons. The first-order valence-corrected chi connectivity index (χ1v) is 8.08. The van der Waals surface area contributed by atoms with Gasteiger partial charge in [-0.05, 0) is 49.6 Å².